The van der Waals surface area contributed by atoms with Crippen LogP contribution in [0.25, 0.3) is 11.1 Å². The predicted octanol–water partition coefficient (Wildman–Crippen LogP) is -0.740. The molecular formula is C14H13LiO. The van der Waals surface area contributed by atoms with E-state index < -0.39 is 0 Å². The molecule has 0 aromatic heterocycles. The molecule has 2 heteroatoms. The van der Waals surface area contributed by atoms with Crippen molar-refractivity contribution in [1.29, 1.82) is 0 Å². The fourth-order valence-electron chi connectivity index (χ4n) is 1.75. The van der Waals surface area contributed by atoms with Crippen LogP contribution in [0.1, 0.15) is 5.56 Å². The van der Waals surface area contributed by atoms with Gasteiger partial charge >= 0.3 is 18.9 Å². The van der Waals surface area contributed by atoms with Gasteiger partial charge in [0, 0.05) is 0 Å². The Kier molecular flexibility index (Phi) is 5.35. The van der Waals surface area contributed by atoms with Crippen molar-refractivity contribution in [2.24, 2.45) is 0 Å². The number of benzene rings is 2. The first-order valence-corrected chi connectivity index (χ1v) is 5.13. The van der Waals surface area contributed by atoms with E-state index in [-0.39, 0.29) is 25.5 Å². The molecule has 0 spiro atoms. The van der Waals surface area contributed by atoms with Crippen LogP contribution in [0.4, 0.5) is 0 Å². The Morgan fingerprint density at radius 1 is 0.812 bits per heavy atom. The molecule has 0 aliphatic rings. The third-order valence-corrected chi connectivity index (χ3v) is 2.47. The summed E-state index contributed by atoms with van der Waals surface area (Å²) in [5.41, 5.74) is 3.49. The smallest absolute Gasteiger partial charge is 0.854 e. The van der Waals surface area contributed by atoms with E-state index in [2.05, 4.69) is 18.2 Å². The first-order valence-electron chi connectivity index (χ1n) is 5.13. The van der Waals surface area contributed by atoms with Crippen LogP contribution in [0.5, 0.6) is 0 Å². The molecule has 2 rings (SSSR count). The van der Waals surface area contributed by atoms with E-state index in [0.29, 0.717) is 6.42 Å². The molecule has 16 heavy (non-hydrogen) atoms. The van der Waals surface area contributed by atoms with Gasteiger partial charge in [0.2, 0.25) is 0 Å². The van der Waals surface area contributed by atoms with Gasteiger partial charge in [-0.2, -0.15) is 0 Å². The monoisotopic (exact) mass is 204 g/mol. The SMILES string of the molecule is [Li+].[O-]CCc1ccccc1-c1ccccc1. The van der Waals surface area contributed by atoms with Crippen molar-refractivity contribution < 1.29 is 24.0 Å². The third kappa shape index (κ3) is 2.99. The summed E-state index contributed by atoms with van der Waals surface area (Å²) in [6.45, 7) is -0.0517. The molecule has 0 aliphatic heterocycles. The first kappa shape index (κ1) is 13.1. The Hall–Kier alpha value is -1.00. The standard InChI is InChI=1S/C14H13O.Li/c15-11-10-13-8-4-5-9-14(13)12-6-2-1-3-7-12;/h1-9H,10-11H2;/q-1;+1. The van der Waals surface area contributed by atoms with Gasteiger partial charge in [0.15, 0.2) is 0 Å². The zero-order valence-corrected chi connectivity index (χ0v) is 9.52. The Bertz CT molecular complexity index is 426. The van der Waals surface area contributed by atoms with Crippen LogP contribution < -0.4 is 24.0 Å². The maximum atomic E-state index is 10.7. The van der Waals surface area contributed by atoms with Crippen LogP contribution in [0.15, 0.2) is 54.6 Å². The molecule has 76 valence electrons. The molecule has 0 fully saturated rings. The maximum absolute atomic E-state index is 10.7. The fourth-order valence-corrected chi connectivity index (χ4v) is 1.75. The van der Waals surface area contributed by atoms with E-state index in [1.54, 1.807) is 0 Å². The molecule has 0 heterocycles. The average molecular weight is 204 g/mol. The molecule has 0 radical (unpaired) electrons. The van der Waals surface area contributed by atoms with E-state index >= 15 is 0 Å². The van der Waals surface area contributed by atoms with Crippen LogP contribution in [-0.2, 0) is 6.42 Å². The number of hydrogen-bond acceptors (Lipinski definition) is 1. The van der Waals surface area contributed by atoms with E-state index in [1.165, 1.54) is 11.1 Å². The van der Waals surface area contributed by atoms with Crippen molar-refractivity contribution in [1.82, 2.24) is 0 Å². The first-order chi connectivity index (χ1) is 7.42. The Morgan fingerprint density at radius 2 is 1.44 bits per heavy atom. The molecule has 0 aliphatic carbocycles. The van der Waals surface area contributed by atoms with Crippen LogP contribution >= 0.6 is 0 Å². The Morgan fingerprint density at radius 3 is 2.12 bits per heavy atom. The summed E-state index contributed by atoms with van der Waals surface area (Å²) in [6.07, 6.45) is 0.602. The minimum absolute atomic E-state index is 0. The largest absolute Gasteiger partial charge is 1.00 e. The molecule has 0 atom stereocenters. The van der Waals surface area contributed by atoms with E-state index in [1.807, 2.05) is 36.4 Å². The van der Waals surface area contributed by atoms with Crippen molar-refractivity contribution in [3.8, 4) is 11.1 Å². The molecule has 0 unspecified atom stereocenters. The number of rotatable bonds is 3. The zero-order chi connectivity index (χ0) is 10.5. The normalized spacial score (nSPS) is 9.56. The van der Waals surface area contributed by atoms with Gasteiger partial charge in [-0.1, -0.05) is 54.6 Å². The van der Waals surface area contributed by atoms with Crippen molar-refractivity contribution in [2.75, 3.05) is 6.61 Å². The van der Waals surface area contributed by atoms with Gasteiger partial charge in [-0.3, -0.25) is 0 Å². The minimum atomic E-state index is -0.0517. The summed E-state index contributed by atoms with van der Waals surface area (Å²) in [7, 11) is 0. The topological polar surface area (TPSA) is 23.1 Å². The third-order valence-electron chi connectivity index (χ3n) is 2.47. The second kappa shape index (κ2) is 6.55. The second-order valence-electron chi connectivity index (χ2n) is 3.48. The van der Waals surface area contributed by atoms with Crippen LogP contribution in [0.2, 0.25) is 0 Å². The summed E-state index contributed by atoms with van der Waals surface area (Å²) in [4.78, 5) is 0. The van der Waals surface area contributed by atoms with E-state index in [0.717, 1.165) is 5.56 Å². The molecule has 0 saturated carbocycles. The van der Waals surface area contributed by atoms with Crippen molar-refractivity contribution >= 4 is 0 Å². The summed E-state index contributed by atoms with van der Waals surface area (Å²) in [6, 6.07) is 18.3. The van der Waals surface area contributed by atoms with Gasteiger partial charge in [0.25, 0.3) is 0 Å². The molecule has 0 N–H and O–H groups in total. The second-order valence-corrected chi connectivity index (χ2v) is 3.48. The summed E-state index contributed by atoms with van der Waals surface area (Å²) < 4.78 is 0. The molecule has 0 bridgehead atoms. The van der Waals surface area contributed by atoms with Crippen LogP contribution in [0, 0.1) is 0 Å². The fraction of sp³-hybridized carbons (Fsp3) is 0.143. The molecule has 1 nitrogen and oxygen atoms in total. The van der Waals surface area contributed by atoms with Gasteiger partial charge < -0.3 is 5.11 Å². The van der Waals surface area contributed by atoms with E-state index in [9.17, 15) is 5.11 Å². The van der Waals surface area contributed by atoms with Gasteiger partial charge in [-0.05, 0) is 23.1 Å². The van der Waals surface area contributed by atoms with Gasteiger partial charge in [-0.15, -0.1) is 6.61 Å². The summed E-state index contributed by atoms with van der Waals surface area (Å²) in [5.74, 6) is 0. The minimum Gasteiger partial charge on any atom is -0.854 e. The Labute approximate surface area is 108 Å². The van der Waals surface area contributed by atoms with Crippen LogP contribution in [-0.4, -0.2) is 6.61 Å². The van der Waals surface area contributed by atoms with Crippen molar-refractivity contribution in [3.63, 3.8) is 0 Å². The zero-order valence-electron chi connectivity index (χ0n) is 9.52. The molecular weight excluding hydrogens is 191 g/mol. The average Bonchev–Trinajstić information content (AvgIpc) is 2.31. The molecule has 2 aromatic rings. The number of hydrogen-bond donors (Lipinski definition) is 0. The van der Waals surface area contributed by atoms with Gasteiger partial charge in [0.1, 0.15) is 0 Å². The van der Waals surface area contributed by atoms with Gasteiger partial charge in [0.05, 0.1) is 0 Å². The molecule has 0 saturated heterocycles. The van der Waals surface area contributed by atoms with Crippen molar-refractivity contribution in [2.45, 2.75) is 6.42 Å². The van der Waals surface area contributed by atoms with E-state index in [4.69, 9.17) is 0 Å². The quantitative estimate of drug-likeness (QED) is 0.604. The predicted molar refractivity (Wildman–Crippen MR) is 60.4 cm³/mol. The van der Waals surface area contributed by atoms with Gasteiger partial charge in [-0.25, -0.2) is 0 Å². The molecule has 0 amide bonds. The van der Waals surface area contributed by atoms with Crippen LogP contribution in [0.3, 0.4) is 0 Å². The van der Waals surface area contributed by atoms with Crippen molar-refractivity contribution in [3.05, 3.63) is 60.2 Å². The molecule has 2 aromatic carbocycles. The summed E-state index contributed by atoms with van der Waals surface area (Å²) in [5, 5.41) is 10.7. The summed E-state index contributed by atoms with van der Waals surface area (Å²) >= 11 is 0. The Balaban J connectivity index is 0.00000128. The maximum Gasteiger partial charge on any atom is 1.00 e.